The number of hydrogen-bond acceptors (Lipinski definition) is 4. The number of aromatic nitrogens is 2. The van der Waals surface area contributed by atoms with Crippen LogP contribution in [0.4, 0.5) is 0 Å². The van der Waals surface area contributed by atoms with Crippen molar-refractivity contribution in [1.82, 2.24) is 10.1 Å². The summed E-state index contributed by atoms with van der Waals surface area (Å²) in [5.41, 5.74) is 6.73. The monoisotopic (exact) mass is 313 g/mol. The quantitative estimate of drug-likeness (QED) is 0.914. The fourth-order valence-corrected chi connectivity index (χ4v) is 2.30. The van der Waals surface area contributed by atoms with Crippen molar-refractivity contribution in [2.24, 2.45) is 11.7 Å². The van der Waals surface area contributed by atoms with E-state index in [9.17, 15) is 0 Å². The van der Waals surface area contributed by atoms with Crippen LogP contribution in [0.25, 0.3) is 0 Å². The van der Waals surface area contributed by atoms with E-state index < -0.39 is 0 Å². The topological polar surface area (TPSA) is 64.9 Å². The van der Waals surface area contributed by atoms with Gasteiger partial charge in [0.05, 0.1) is 16.0 Å². The minimum absolute atomic E-state index is 0.0880. The molecule has 0 bridgehead atoms. The van der Waals surface area contributed by atoms with E-state index in [1.165, 1.54) is 0 Å². The molecule has 108 valence electrons. The lowest BCUT2D eigenvalue weighted by atomic mass is 9.96. The second-order valence-electron chi connectivity index (χ2n) is 5.06. The smallest absolute Gasteiger partial charge is 0.231 e. The van der Waals surface area contributed by atoms with E-state index in [4.69, 9.17) is 33.5 Å². The van der Waals surface area contributed by atoms with Gasteiger partial charge in [-0.1, -0.05) is 48.3 Å². The molecule has 0 spiro atoms. The van der Waals surface area contributed by atoms with E-state index in [1.807, 2.05) is 12.1 Å². The van der Waals surface area contributed by atoms with Gasteiger partial charge in [0.2, 0.25) is 5.89 Å². The van der Waals surface area contributed by atoms with Crippen molar-refractivity contribution < 1.29 is 4.52 Å². The summed E-state index contributed by atoms with van der Waals surface area (Å²) in [5.74, 6) is 1.67. The molecule has 1 atom stereocenters. The fourth-order valence-electron chi connectivity index (χ4n) is 1.98. The van der Waals surface area contributed by atoms with Crippen LogP contribution in [0.3, 0.4) is 0 Å². The Labute approximate surface area is 128 Å². The van der Waals surface area contributed by atoms with Crippen molar-refractivity contribution in [2.45, 2.75) is 26.2 Å². The van der Waals surface area contributed by atoms with Crippen LogP contribution in [0.5, 0.6) is 0 Å². The molecule has 0 fully saturated rings. The van der Waals surface area contributed by atoms with Crippen LogP contribution in [0, 0.1) is 5.92 Å². The largest absolute Gasteiger partial charge is 0.339 e. The van der Waals surface area contributed by atoms with E-state index in [1.54, 1.807) is 6.07 Å². The van der Waals surface area contributed by atoms with E-state index >= 15 is 0 Å². The molecule has 0 saturated heterocycles. The summed E-state index contributed by atoms with van der Waals surface area (Å²) in [4.78, 5) is 4.42. The van der Waals surface area contributed by atoms with Crippen LogP contribution < -0.4 is 5.73 Å². The minimum atomic E-state index is 0.0880. The molecule has 6 heteroatoms. The van der Waals surface area contributed by atoms with E-state index in [0.29, 0.717) is 40.6 Å². The summed E-state index contributed by atoms with van der Waals surface area (Å²) in [6.07, 6.45) is 0.551. The summed E-state index contributed by atoms with van der Waals surface area (Å²) < 4.78 is 5.30. The molecule has 1 aromatic heterocycles. The molecule has 2 aromatic rings. The lowest BCUT2D eigenvalue weighted by molar-refractivity contribution is 0.322. The Morgan fingerprint density at radius 1 is 1.25 bits per heavy atom. The average Bonchev–Trinajstić information content (AvgIpc) is 2.82. The average molecular weight is 314 g/mol. The summed E-state index contributed by atoms with van der Waals surface area (Å²) in [7, 11) is 0. The standard InChI is InChI=1S/C14H17Cl2N3O/c1-8(2)10(7-17)14-18-13(19-20-14)6-9-3-4-11(15)12(16)5-9/h3-5,8,10H,6-7,17H2,1-2H3. The number of nitrogens with zero attached hydrogens (tertiary/aromatic N) is 2. The third-order valence-corrected chi connectivity index (χ3v) is 3.94. The summed E-state index contributed by atoms with van der Waals surface area (Å²) in [6.45, 7) is 4.66. The van der Waals surface area contributed by atoms with Crippen molar-refractivity contribution in [3.8, 4) is 0 Å². The SMILES string of the molecule is CC(C)C(CN)c1nc(Cc2ccc(Cl)c(Cl)c2)no1. The number of nitrogens with two attached hydrogens (primary N) is 1. The second kappa shape index (κ2) is 6.57. The molecule has 0 saturated carbocycles. The Kier molecular flexibility index (Phi) is 5.02. The van der Waals surface area contributed by atoms with Crippen LogP contribution in [0.15, 0.2) is 22.7 Å². The Morgan fingerprint density at radius 2 is 2.00 bits per heavy atom. The van der Waals surface area contributed by atoms with Gasteiger partial charge in [-0.15, -0.1) is 0 Å². The molecule has 20 heavy (non-hydrogen) atoms. The predicted octanol–water partition coefficient (Wildman–Crippen LogP) is 3.67. The molecular weight excluding hydrogens is 297 g/mol. The number of hydrogen-bond donors (Lipinski definition) is 1. The van der Waals surface area contributed by atoms with Gasteiger partial charge in [0.15, 0.2) is 5.82 Å². The van der Waals surface area contributed by atoms with Crippen LogP contribution in [0.2, 0.25) is 10.0 Å². The second-order valence-corrected chi connectivity index (χ2v) is 5.87. The molecule has 2 N–H and O–H groups in total. The molecule has 0 amide bonds. The molecule has 1 unspecified atom stereocenters. The maximum Gasteiger partial charge on any atom is 0.231 e. The van der Waals surface area contributed by atoms with Crippen LogP contribution in [-0.4, -0.2) is 16.7 Å². The lowest BCUT2D eigenvalue weighted by Crippen LogP contribution is -2.18. The first-order chi connectivity index (χ1) is 9.51. The first-order valence-corrected chi connectivity index (χ1v) is 7.23. The summed E-state index contributed by atoms with van der Waals surface area (Å²) in [6, 6.07) is 5.47. The van der Waals surface area contributed by atoms with Gasteiger partial charge in [-0.3, -0.25) is 0 Å². The molecule has 0 aliphatic carbocycles. The normalized spacial score (nSPS) is 12.9. The third kappa shape index (κ3) is 3.51. The summed E-state index contributed by atoms with van der Waals surface area (Å²) >= 11 is 11.9. The van der Waals surface area contributed by atoms with Crippen LogP contribution in [0.1, 0.15) is 37.0 Å². The fraction of sp³-hybridized carbons (Fsp3) is 0.429. The first kappa shape index (κ1) is 15.3. The zero-order valence-electron chi connectivity index (χ0n) is 11.4. The van der Waals surface area contributed by atoms with Crippen molar-refractivity contribution in [3.05, 3.63) is 45.5 Å². The maximum atomic E-state index is 5.99. The number of benzene rings is 1. The van der Waals surface area contributed by atoms with E-state index in [0.717, 1.165) is 5.56 Å². The maximum absolute atomic E-state index is 5.99. The molecule has 0 radical (unpaired) electrons. The zero-order valence-corrected chi connectivity index (χ0v) is 12.9. The van der Waals surface area contributed by atoms with Crippen molar-refractivity contribution >= 4 is 23.2 Å². The molecule has 1 heterocycles. The van der Waals surface area contributed by atoms with Gasteiger partial charge in [0.25, 0.3) is 0 Å². The van der Waals surface area contributed by atoms with Crippen molar-refractivity contribution in [1.29, 1.82) is 0 Å². The highest BCUT2D eigenvalue weighted by molar-refractivity contribution is 6.42. The van der Waals surface area contributed by atoms with Gasteiger partial charge >= 0.3 is 0 Å². The van der Waals surface area contributed by atoms with E-state index in [2.05, 4.69) is 24.0 Å². The highest BCUT2D eigenvalue weighted by Crippen LogP contribution is 2.25. The minimum Gasteiger partial charge on any atom is -0.339 e. The van der Waals surface area contributed by atoms with Gasteiger partial charge in [0.1, 0.15) is 0 Å². The Bertz CT molecular complexity index is 584. The van der Waals surface area contributed by atoms with Crippen molar-refractivity contribution in [3.63, 3.8) is 0 Å². The molecule has 4 nitrogen and oxygen atoms in total. The van der Waals surface area contributed by atoms with Gasteiger partial charge < -0.3 is 10.3 Å². The number of halogens is 2. The molecule has 2 rings (SSSR count). The van der Waals surface area contributed by atoms with Gasteiger partial charge in [-0.2, -0.15) is 4.98 Å². The molecule has 0 aliphatic heterocycles. The predicted molar refractivity (Wildman–Crippen MR) is 80.2 cm³/mol. The van der Waals surface area contributed by atoms with Crippen LogP contribution in [-0.2, 0) is 6.42 Å². The van der Waals surface area contributed by atoms with E-state index in [-0.39, 0.29) is 5.92 Å². The zero-order chi connectivity index (χ0) is 14.7. The lowest BCUT2D eigenvalue weighted by Gasteiger charge is -2.13. The molecular formula is C14H17Cl2N3O. The highest BCUT2D eigenvalue weighted by atomic mass is 35.5. The summed E-state index contributed by atoms with van der Waals surface area (Å²) in [5, 5.41) is 5.05. The third-order valence-electron chi connectivity index (χ3n) is 3.21. The highest BCUT2D eigenvalue weighted by Gasteiger charge is 2.21. The first-order valence-electron chi connectivity index (χ1n) is 6.47. The Balaban J connectivity index is 2.14. The molecule has 0 aliphatic rings. The Morgan fingerprint density at radius 3 is 2.60 bits per heavy atom. The van der Waals surface area contributed by atoms with Gasteiger partial charge in [-0.25, -0.2) is 0 Å². The molecule has 1 aromatic carbocycles. The van der Waals surface area contributed by atoms with Gasteiger partial charge in [-0.05, 0) is 23.6 Å². The Hall–Kier alpha value is -1.10. The number of rotatable bonds is 5. The van der Waals surface area contributed by atoms with Crippen molar-refractivity contribution in [2.75, 3.05) is 6.54 Å². The van der Waals surface area contributed by atoms with Gasteiger partial charge in [0, 0.05) is 13.0 Å². The van der Waals surface area contributed by atoms with Crippen LogP contribution >= 0.6 is 23.2 Å².